The predicted octanol–water partition coefficient (Wildman–Crippen LogP) is 2.76. The van der Waals surface area contributed by atoms with Crippen molar-refractivity contribution in [3.63, 3.8) is 0 Å². The first kappa shape index (κ1) is 14.2. The Bertz CT molecular complexity index is 729. The highest BCUT2D eigenvalue weighted by Gasteiger charge is 2.39. The highest BCUT2D eigenvalue weighted by molar-refractivity contribution is 5.66. The molecule has 0 radical (unpaired) electrons. The largest absolute Gasteiger partial charge is 0.367 e. The molecule has 2 aliphatic heterocycles. The third kappa shape index (κ3) is 2.58. The fourth-order valence-electron chi connectivity index (χ4n) is 3.97. The monoisotopic (exact) mass is 304 g/mol. The number of anilines is 1. The first-order valence-electron chi connectivity index (χ1n) is 8.16. The van der Waals surface area contributed by atoms with Crippen LogP contribution in [-0.2, 0) is 0 Å². The molecule has 3 heterocycles. The van der Waals surface area contributed by atoms with Crippen LogP contribution >= 0.6 is 0 Å². The van der Waals surface area contributed by atoms with Gasteiger partial charge in [-0.25, -0.2) is 4.98 Å². The summed E-state index contributed by atoms with van der Waals surface area (Å²) in [7, 11) is 2.22. The Balaban J connectivity index is 1.55. The summed E-state index contributed by atoms with van der Waals surface area (Å²) in [6.45, 7) is 3.57. The average Bonchev–Trinajstić information content (AvgIpc) is 3.14. The molecule has 0 amide bonds. The molecule has 116 valence electrons. The molecule has 0 bridgehead atoms. The van der Waals surface area contributed by atoms with Crippen LogP contribution < -0.4 is 4.90 Å². The van der Waals surface area contributed by atoms with E-state index < -0.39 is 0 Å². The third-order valence-corrected chi connectivity index (χ3v) is 5.14. The molecule has 4 heteroatoms. The van der Waals surface area contributed by atoms with Crippen LogP contribution in [0.15, 0.2) is 42.6 Å². The Morgan fingerprint density at radius 1 is 1.09 bits per heavy atom. The van der Waals surface area contributed by atoms with Crippen LogP contribution in [0.2, 0.25) is 0 Å². The number of benzene rings is 1. The van der Waals surface area contributed by atoms with E-state index in [4.69, 9.17) is 5.26 Å². The van der Waals surface area contributed by atoms with Crippen LogP contribution in [0, 0.1) is 17.2 Å². The Morgan fingerprint density at radius 2 is 1.87 bits per heavy atom. The van der Waals surface area contributed by atoms with Crippen LogP contribution in [0.4, 0.5) is 5.69 Å². The molecule has 4 nitrogen and oxygen atoms in total. The number of nitriles is 1. The van der Waals surface area contributed by atoms with Crippen molar-refractivity contribution in [3.05, 3.63) is 48.3 Å². The van der Waals surface area contributed by atoms with Crippen molar-refractivity contribution in [3.8, 4) is 17.2 Å². The van der Waals surface area contributed by atoms with Gasteiger partial charge in [-0.05, 0) is 49.2 Å². The SMILES string of the molecule is CN1C[C@H]2CCN(c3ccc(-c4ccc(C#N)nc4)cc3)[C@H]2C1. The van der Waals surface area contributed by atoms with E-state index in [1.54, 1.807) is 12.3 Å². The maximum Gasteiger partial charge on any atom is 0.140 e. The minimum atomic E-state index is 0.457. The van der Waals surface area contributed by atoms with Crippen molar-refractivity contribution in [1.29, 1.82) is 5.26 Å². The van der Waals surface area contributed by atoms with Gasteiger partial charge in [0.05, 0.1) is 0 Å². The average molecular weight is 304 g/mol. The number of hydrogen-bond acceptors (Lipinski definition) is 4. The van der Waals surface area contributed by atoms with Crippen molar-refractivity contribution in [2.45, 2.75) is 12.5 Å². The molecule has 0 saturated carbocycles. The highest BCUT2D eigenvalue weighted by Crippen LogP contribution is 2.35. The van der Waals surface area contributed by atoms with E-state index in [2.05, 4.69) is 52.2 Å². The Labute approximate surface area is 137 Å². The lowest BCUT2D eigenvalue weighted by Gasteiger charge is -2.26. The lowest BCUT2D eigenvalue weighted by molar-refractivity contribution is 0.386. The van der Waals surface area contributed by atoms with Crippen molar-refractivity contribution >= 4 is 5.69 Å². The van der Waals surface area contributed by atoms with Crippen LogP contribution in [-0.4, -0.2) is 42.6 Å². The summed E-state index contributed by atoms with van der Waals surface area (Å²) in [5, 5.41) is 8.83. The van der Waals surface area contributed by atoms with E-state index in [0.29, 0.717) is 11.7 Å². The number of likely N-dealkylation sites (tertiary alicyclic amines) is 1. The van der Waals surface area contributed by atoms with Crippen LogP contribution in [0.25, 0.3) is 11.1 Å². The van der Waals surface area contributed by atoms with E-state index in [0.717, 1.165) is 17.0 Å². The first-order chi connectivity index (χ1) is 11.2. The molecule has 0 spiro atoms. The lowest BCUT2D eigenvalue weighted by Crippen LogP contribution is -2.34. The highest BCUT2D eigenvalue weighted by atomic mass is 15.3. The van der Waals surface area contributed by atoms with E-state index in [1.807, 2.05) is 6.07 Å². The summed E-state index contributed by atoms with van der Waals surface area (Å²) in [4.78, 5) is 9.16. The van der Waals surface area contributed by atoms with Gasteiger partial charge in [-0.3, -0.25) is 0 Å². The summed E-state index contributed by atoms with van der Waals surface area (Å²) in [6.07, 6.45) is 3.07. The zero-order valence-corrected chi connectivity index (χ0v) is 13.3. The Kier molecular flexibility index (Phi) is 3.51. The molecule has 2 aromatic rings. The van der Waals surface area contributed by atoms with E-state index >= 15 is 0 Å². The zero-order valence-electron chi connectivity index (χ0n) is 13.3. The van der Waals surface area contributed by atoms with Crippen molar-refractivity contribution < 1.29 is 0 Å². The van der Waals surface area contributed by atoms with Crippen LogP contribution in [0.3, 0.4) is 0 Å². The molecule has 2 aliphatic rings. The van der Waals surface area contributed by atoms with Gasteiger partial charge < -0.3 is 9.80 Å². The molecule has 2 atom stereocenters. The fraction of sp³-hybridized carbons (Fsp3) is 0.368. The summed E-state index contributed by atoms with van der Waals surface area (Å²) < 4.78 is 0. The molecule has 1 aromatic carbocycles. The molecule has 2 saturated heterocycles. The summed E-state index contributed by atoms with van der Waals surface area (Å²) in [6, 6.07) is 15.2. The topological polar surface area (TPSA) is 43.2 Å². The van der Waals surface area contributed by atoms with Gasteiger partial charge in [-0.1, -0.05) is 12.1 Å². The van der Waals surface area contributed by atoms with Crippen LogP contribution in [0.5, 0.6) is 0 Å². The standard InChI is InChI=1S/C19H20N4/c1-22-12-16-8-9-23(19(16)13-22)18-6-3-14(4-7-18)15-2-5-17(10-20)21-11-15/h2-7,11,16,19H,8-9,12-13H2,1H3/t16-,19+/m1/s1. The molecular formula is C19H20N4. The maximum atomic E-state index is 8.83. The number of nitrogens with zero attached hydrogens (tertiary/aromatic N) is 4. The van der Waals surface area contributed by atoms with Crippen LogP contribution in [0.1, 0.15) is 12.1 Å². The lowest BCUT2D eigenvalue weighted by atomic mass is 10.0. The van der Waals surface area contributed by atoms with Gasteiger partial charge >= 0.3 is 0 Å². The van der Waals surface area contributed by atoms with Crippen molar-refractivity contribution in [1.82, 2.24) is 9.88 Å². The second-order valence-corrected chi connectivity index (χ2v) is 6.62. The van der Waals surface area contributed by atoms with Gasteiger partial charge in [0.25, 0.3) is 0 Å². The van der Waals surface area contributed by atoms with E-state index in [1.165, 1.54) is 31.7 Å². The Morgan fingerprint density at radius 3 is 2.57 bits per heavy atom. The van der Waals surface area contributed by atoms with Gasteiger partial charge in [-0.2, -0.15) is 5.26 Å². The van der Waals surface area contributed by atoms with Crippen molar-refractivity contribution in [2.24, 2.45) is 5.92 Å². The smallest absolute Gasteiger partial charge is 0.140 e. The maximum absolute atomic E-state index is 8.83. The molecule has 0 unspecified atom stereocenters. The zero-order chi connectivity index (χ0) is 15.8. The van der Waals surface area contributed by atoms with Gasteiger partial charge in [-0.15, -0.1) is 0 Å². The molecule has 1 aromatic heterocycles. The summed E-state index contributed by atoms with van der Waals surface area (Å²) in [5.74, 6) is 0.822. The number of hydrogen-bond donors (Lipinski definition) is 0. The number of fused-ring (bicyclic) bond motifs is 1. The van der Waals surface area contributed by atoms with E-state index in [-0.39, 0.29) is 0 Å². The molecule has 23 heavy (non-hydrogen) atoms. The minimum Gasteiger partial charge on any atom is -0.367 e. The number of pyridine rings is 1. The molecule has 0 aliphatic carbocycles. The quantitative estimate of drug-likeness (QED) is 0.855. The fourth-order valence-corrected chi connectivity index (χ4v) is 3.97. The van der Waals surface area contributed by atoms with Gasteiger partial charge in [0.15, 0.2) is 0 Å². The summed E-state index contributed by atoms with van der Waals surface area (Å²) >= 11 is 0. The predicted molar refractivity (Wildman–Crippen MR) is 91.1 cm³/mol. The van der Waals surface area contributed by atoms with Crippen molar-refractivity contribution in [2.75, 3.05) is 31.6 Å². The van der Waals surface area contributed by atoms with Gasteiger partial charge in [0.2, 0.25) is 0 Å². The number of rotatable bonds is 2. The second kappa shape index (κ2) is 5.68. The minimum absolute atomic E-state index is 0.457. The molecular weight excluding hydrogens is 284 g/mol. The second-order valence-electron chi connectivity index (χ2n) is 6.62. The normalized spacial score (nSPS) is 23.7. The summed E-state index contributed by atoms with van der Waals surface area (Å²) in [5.41, 5.74) is 3.97. The Hall–Kier alpha value is -2.38. The molecule has 4 rings (SSSR count). The first-order valence-corrected chi connectivity index (χ1v) is 8.16. The van der Waals surface area contributed by atoms with Gasteiger partial charge in [0, 0.05) is 43.1 Å². The van der Waals surface area contributed by atoms with Gasteiger partial charge in [0.1, 0.15) is 11.8 Å². The third-order valence-electron chi connectivity index (χ3n) is 5.14. The number of likely N-dealkylation sites (N-methyl/N-ethyl adjacent to an activating group) is 1. The number of aromatic nitrogens is 1. The van der Waals surface area contributed by atoms with E-state index in [9.17, 15) is 0 Å². The molecule has 2 fully saturated rings. The molecule has 0 N–H and O–H groups in total.